The number of hydrogen-bond donors (Lipinski definition) is 0. The van der Waals surface area contributed by atoms with E-state index in [1.54, 1.807) is 0 Å². The highest BCUT2D eigenvalue weighted by Crippen LogP contribution is 2.22. The van der Waals surface area contributed by atoms with Gasteiger partial charge >= 0.3 is 0 Å². The van der Waals surface area contributed by atoms with Crippen molar-refractivity contribution in [2.75, 3.05) is 0 Å². The fourth-order valence-electron chi connectivity index (χ4n) is 4.80. The van der Waals surface area contributed by atoms with Gasteiger partial charge in [0.15, 0.2) is 0 Å². The van der Waals surface area contributed by atoms with E-state index >= 15 is 0 Å². The van der Waals surface area contributed by atoms with Gasteiger partial charge in [0.25, 0.3) is 0 Å². The molecule has 0 nitrogen and oxygen atoms in total. The smallest absolute Gasteiger partial charge is 0.0414 e. The number of hydrogen-bond acceptors (Lipinski definition) is 0. The summed E-state index contributed by atoms with van der Waals surface area (Å²) in [5.74, 6) is 0.909. The van der Waals surface area contributed by atoms with Gasteiger partial charge in [0.05, 0.1) is 0 Å². The minimum atomic E-state index is 0.909. The van der Waals surface area contributed by atoms with Crippen LogP contribution in [-0.2, 0) is 0 Å². The fraction of sp³-hybridized carbons (Fsp3) is 0.967. The molecule has 1 radical (unpaired) electrons. The first-order chi connectivity index (χ1) is 14.8. The highest BCUT2D eigenvalue weighted by atomic mass is 14.1. The molecular formula is C30H61. The zero-order valence-corrected chi connectivity index (χ0v) is 21.7. The van der Waals surface area contributed by atoms with Crippen LogP contribution in [0.5, 0.6) is 0 Å². The number of rotatable bonds is 26. The van der Waals surface area contributed by atoms with Crippen molar-refractivity contribution in [3.63, 3.8) is 0 Å². The molecular weight excluding hydrogens is 360 g/mol. The van der Waals surface area contributed by atoms with Gasteiger partial charge < -0.3 is 0 Å². The van der Waals surface area contributed by atoms with Crippen LogP contribution in [0.25, 0.3) is 0 Å². The lowest BCUT2D eigenvalue weighted by atomic mass is 9.92. The second-order valence-corrected chi connectivity index (χ2v) is 10.2. The molecule has 0 aliphatic rings. The maximum absolute atomic E-state index is 4.23. The van der Waals surface area contributed by atoms with Crippen molar-refractivity contribution in [3.8, 4) is 0 Å². The summed E-state index contributed by atoms with van der Waals surface area (Å²) in [6.45, 7) is 8.84. The van der Waals surface area contributed by atoms with Crippen molar-refractivity contribution >= 4 is 0 Å². The molecule has 0 spiro atoms. The van der Waals surface area contributed by atoms with Crippen LogP contribution in [0, 0.1) is 12.8 Å². The molecule has 0 heterocycles. The fourth-order valence-corrected chi connectivity index (χ4v) is 4.80. The quantitative estimate of drug-likeness (QED) is 0.122. The van der Waals surface area contributed by atoms with Gasteiger partial charge in [0, 0.05) is 0 Å². The van der Waals surface area contributed by atoms with E-state index in [2.05, 4.69) is 20.8 Å². The molecule has 0 bridgehead atoms. The van der Waals surface area contributed by atoms with Crippen molar-refractivity contribution in [1.82, 2.24) is 0 Å². The van der Waals surface area contributed by atoms with E-state index in [9.17, 15) is 0 Å². The van der Waals surface area contributed by atoms with Gasteiger partial charge in [-0.2, -0.15) is 0 Å². The normalized spacial score (nSPS) is 12.5. The third-order valence-electron chi connectivity index (χ3n) is 7.09. The SMILES string of the molecule is [CH2]CC(CCCCCCCCCCCCC)CCCCCCCCCCCCCC. The molecule has 0 saturated heterocycles. The van der Waals surface area contributed by atoms with Crippen molar-refractivity contribution in [1.29, 1.82) is 0 Å². The molecule has 1 atom stereocenters. The van der Waals surface area contributed by atoms with Crippen LogP contribution in [0.2, 0.25) is 0 Å². The summed E-state index contributed by atoms with van der Waals surface area (Å²) in [6, 6.07) is 0. The highest BCUT2D eigenvalue weighted by molar-refractivity contribution is 4.62. The molecule has 0 aromatic carbocycles. The average molecular weight is 422 g/mol. The lowest BCUT2D eigenvalue weighted by molar-refractivity contribution is 0.404. The maximum Gasteiger partial charge on any atom is -0.0414 e. The van der Waals surface area contributed by atoms with E-state index in [1.807, 2.05) is 0 Å². The van der Waals surface area contributed by atoms with Crippen LogP contribution < -0.4 is 0 Å². The first-order valence-corrected chi connectivity index (χ1v) is 14.6. The van der Waals surface area contributed by atoms with Crippen LogP contribution in [-0.4, -0.2) is 0 Å². The van der Waals surface area contributed by atoms with Crippen LogP contribution in [0.3, 0.4) is 0 Å². The van der Waals surface area contributed by atoms with Crippen LogP contribution in [0.4, 0.5) is 0 Å². The van der Waals surface area contributed by atoms with Gasteiger partial charge in [0.2, 0.25) is 0 Å². The van der Waals surface area contributed by atoms with Gasteiger partial charge in [-0.25, -0.2) is 0 Å². The second kappa shape index (κ2) is 27.0. The molecule has 0 aliphatic heterocycles. The molecule has 181 valence electrons. The molecule has 0 saturated carbocycles. The summed E-state index contributed by atoms with van der Waals surface area (Å²) in [7, 11) is 0. The first kappa shape index (κ1) is 30.0. The Morgan fingerprint density at radius 1 is 0.367 bits per heavy atom. The topological polar surface area (TPSA) is 0 Å². The molecule has 0 aromatic heterocycles. The Morgan fingerprint density at radius 3 is 0.833 bits per heavy atom. The highest BCUT2D eigenvalue weighted by Gasteiger charge is 2.06. The van der Waals surface area contributed by atoms with Crippen molar-refractivity contribution in [3.05, 3.63) is 6.92 Å². The predicted molar refractivity (Wildman–Crippen MR) is 140 cm³/mol. The van der Waals surface area contributed by atoms with Crippen LogP contribution >= 0.6 is 0 Å². The molecule has 0 fully saturated rings. The predicted octanol–water partition coefficient (Wildman–Crippen LogP) is 11.6. The van der Waals surface area contributed by atoms with Gasteiger partial charge in [-0.3, -0.25) is 0 Å². The molecule has 0 heteroatoms. The summed E-state index contributed by atoms with van der Waals surface area (Å²) >= 11 is 0. The van der Waals surface area contributed by atoms with Crippen LogP contribution in [0.15, 0.2) is 0 Å². The lowest BCUT2D eigenvalue weighted by Crippen LogP contribution is -1.99. The summed E-state index contributed by atoms with van der Waals surface area (Å²) in [6.07, 6.45) is 37.6. The Labute approximate surface area is 193 Å². The second-order valence-electron chi connectivity index (χ2n) is 10.2. The minimum Gasteiger partial charge on any atom is -0.0654 e. The average Bonchev–Trinajstić information content (AvgIpc) is 2.76. The van der Waals surface area contributed by atoms with E-state index in [-0.39, 0.29) is 0 Å². The largest absolute Gasteiger partial charge is 0.0654 e. The lowest BCUT2D eigenvalue weighted by Gasteiger charge is -2.14. The first-order valence-electron chi connectivity index (χ1n) is 14.6. The molecule has 0 aliphatic carbocycles. The van der Waals surface area contributed by atoms with E-state index in [4.69, 9.17) is 0 Å². The monoisotopic (exact) mass is 421 g/mol. The summed E-state index contributed by atoms with van der Waals surface area (Å²) in [5, 5.41) is 0. The Bertz CT molecular complexity index is 282. The van der Waals surface area contributed by atoms with Gasteiger partial charge in [-0.15, -0.1) is 0 Å². The zero-order chi connectivity index (χ0) is 22.0. The molecule has 30 heavy (non-hydrogen) atoms. The Morgan fingerprint density at radius 2 is 0.600 bits per heavy atom. The molecule has 1 unspecified atom stereocenters. The summed E-state index contributed by atoms with van der Waals surface area (Å²) in [4.78, 5) is 0. The summed E-state index contributed by atoms with van der Waals surface area (Å²) < 4.78 is 0. The molecule has 0 N–H and O–H groups in total. The Balaban J connectivity index is 3.27. The zero-order valence-electron chi connectivity index (χ0n) is 21.7. The van der Waals surface area contributed by atoms with E-state index in [0.717, 1.165) is 12.3 Å². The molecule has 0 amide bonds. The van der Waals surface area contributed by atoms with Gasteiger partial charge in [-0.05, 0) is 5.92 Å². The standard InChI is InChI=1S/C30H61/c1-4-7-9-11-13-15-17-19-21-23-25-27-29-30(6-3)28-26-24-22-20-18-16-14-12-10-8-5-2/h30H,3-29H2,1-2H3. The van der Waals surface area contributed by atoms with Crippen molar-refractivity contribution in [2.45, 2.75) is 181 Å². The number of unbranched alkanes of at least 4 members (excludes halogenated alkanes) is 21. The molecule has 0 aromatic rings. The third kappa shape index (κ3) is 24.3. The van der Waals surface area contributed by atoms with Gasteiger partial charge in [0.1, 0.15) is 0 Å². The van der Waals surface area contributed by atoms with Crippen LogP contribution in [0.1, 0.15) is 181 Å². The minimum absolute atomic E-state index is 0.909. The third-order valence-corrected chi connectivity index (χ3v) is 7.09. The van der Waals surface area contributed by atoms with Crippen molar-refractivity contribution < 1.29 is 0 Å². The Hall–Kier alpha value is 0. The van der Waals surface area contributed by atoms with Crippen molar-refractivity contribution in [2.24, 2.45) is 5.92 Å². The maximum atomic E-state index is 4.23. The van der Waals surface area contributed by atoms with E-state index < -0.39 is 0 Å². The Kier molecular flexibility index (Phi) is 27.0. The van der Waals surface area contributed by atoms with E-state index in [0.29, 0.717) is 0 Å². The van der Waals surface area contributed by atoms with E-state index in [1.165, 1.54) is 161 Å². The summed E-state index contributed by atoms with van der Waals surface area (Å²) in [5.41, 5.74) is 0. The molecule has 0 rings (SSSR count). The van der Waals surface area contributed by atoms with Gasteiger partial charge in [-0.1, -0.05) is 188 Å².